The van der Waals surface area contributed by atoms with Gasteiger partial charge in [0.2, 0.25) is 0 Å². The van der Waals surface area contributed by atoms with Gasteiger partial charge < -0.3 is 9.47 Å². The van der Waals surface area contributed by atoms with Crippen LogP contribution in [0.3, 0.4) is 0 Å². The molecule has 0 aliphatic rings. The second-order valence-electron chi connectivity index (χ2n) is 3.13. The fourth-order valence-electron chi connectivity index (χ4n) is 1.27. The highest BCUT2D eigenvalue weighted by molar-refractivity contribution is 5.77. The van der Waals surface area contributed by atoms with Crippen LogP contribution in [0.4, 0.5) is 0 Å². The lowest BCUT2D eigenvalue weighted by atomic mass is 9.92. The fraction of sp³-hybridized carbons (Fsp3) is 0.500. The van der Waals surface area contributed by atoms with Crippen LogP contribution in [0.1, 0.15) is 6.42 Å². The van der Waals surface area contributed by atoms with Crippen LogP contribution in [-0.4, -0.2) is 37.1 Å². The van der Waals surface area contributed by atoms with Gasteiger partial charge in [-0.25, -0.2) is 4.79 Å². The monoisotopic (exact) mass is 244 g/mol. The third-order valence-corrected chi connectivity index (χ3v) is 2.09. The van der Waals surface area contributed by atoms with Crippen LogP contribution >= 0.6 is 0 Å². The average Bonchev–Trinajstić information content (AvgIpc) is 2.28. The third kappa shape index (κ3) is 4.80. The molecule has 0 aromatic heterocycles. The summed E-state index contributed by atoms with van der Waals surface area (Å²) in [6.45, 7) is 3.38. The summed E-state index contributed by atoms with van der Waals surface area (Å²) in [5.74, 6) is -2.60. The van der Waals surface area contributed by atoms with Crippen molar-refractivity contribution in [2.24, 2.45) is 5.92 Å². The maximum absolute atomic E-state index is 11.3. The molecule has 0 aromatic carbocycles. The van der Waals surface area contributed by atoms with E-state index in [-0.39, 0.29) is 6.42 Å². The van der Waals surface area contributed by atoms with Crippen molar-refractivity contribution in [2.75, 3.05) is 14.2 Å². The van der Waals surface area contributed by atoms with Crippen LogP contribution in [0, 0.1) is 35.8 Å². The quantitative estimate of drug-likeness (QED) is 0.361. The number of nitrogens with zero attached hydrogens (tertiary/aromatic N) is 1. The van der Waals surface area contributed by atoms with E-state index in [2.05, 4.69) is 16.4 Å². The van der Waals surface area contributed by atoms with Crippen LogP contribution < -0.4 is 0 Å². The molecule has 0 aromatic rings. The summed E-state index contributed by atoms with van der Waals surface area (Å²) < 4.78 is 8.73. The smallest absolute Gasteiger partial charge is 0.381 e. The minimum absolute atomic E-state index is 0.288. The normalized spacial score (nSPS) is 13.6. The molecule has 0 heterocycles. The second kappa shape index (κ2) is 7.59. The van der Waals surface area contributed by atoms with Gasteiger partial charge in [0.05, 0.1) is 26.6 Å². The molecule has 0 rings (SSSR count). The first-order chi connectivity index (χ1) is 7.97. The van der Waals surface area contributed by atoms with Crippen LogP contribution in [0.5, 0.6) is 0 Å². The van der Waals surface area contributed by atoms with E-state index in [1.54, 1.807) is 0 Å². The highest BCUT2D eigenvalue weighted by atomic mass is 16.6. The molecule has 0 amide bonds. The van der Waals surface area contributed by atoms with E-state index in [0.29, 0.717) is 0 Å². The summed E-state index contributed by atoms with van der Waals surface area (Å²) in [7, 11) is 2.20. The molecule has 0 aliphatic heterocycles. The molecule has 0 aliphatic carbocycles. The van der Waals surface area contributed by atoms with Crippen LogP contribution in [-0.2, 0) is 19.1 Å². The number of ether oxygens (including phenoxy) is 2. The SMILES string of the molecule is [CH2][CH][CH][C@@H](CC(=O)OC)[C@@H](C(=O)OC)[N+](=O)[O-]. The summed E-state index contributed by atoms with van der Waals surface area (Å²) >= 11 is 0. The Hall–Kier alpha value is -1.66. The minimum Gasteiger partial charge on any atom is -0.469 e. The van der Waals surface area contributed by atoms with Crippen LogP contribution in [0.2, 0.25) is 0 Å². The molecule has 0 unspecified atom stereocenters. The van der Waals surface area contributed by atoms with E-state index >= 15 is 0 Å². The topological polar surface area (TPSA) is 95.7 Å². The standard InChI is InChI=1S/C10H14NO6/c1-4-5-7(6-8(12)16-2)9(11(14)15)10(13)17-3/h4-5,7,9H,1,6H2,2-3H3/t7-,9-/m0/s1. The number of carbonyl (C=O) groups is 2. The Balaban J connectivity index is 4.88. The first-order valence-electron chi connectivity index (χ1n) is 4.72. The van der Waals surface area contributed by atoms with Crippen LogP contribution in [0.15, 0.2) is 0 Å². The summed E-state index contributed by atoms with van der Waals surface area (Å²) in [5.41, 5.74) is 0. The molecule has 7 nitrogen and oxygen atoms in total. The zero-order valence-corrected chi connectivity index (χ0v) is 9.62. The van der Waals surface area contributed by atoms with Crippen molar-refractivity contribution in [1.29, 1.82) is 0 Å². The van der Waals surface area contributed by atoms with Gasteiger partial charge in [0, 0.05) is 4.92 Å². The summed E-state index contributed by atoms with van der Waals surface area (Å²) in [4.78, 5) is 32.3. The van der Waals surface area contributed by atoms with Gasteiger partial charge in [-0.2, -0.15) is 0 Å². The Labute approximate surface area is 99.2 Å². The second-order valence-corrected chi connectivity index (χ2v) is 3.13. The fourth-order valence-corrected chi connectivity index (χ4v) is 1.27. The summed E-state index contributed by atoms with van der Waals surface area (Å²) in [5, 5.41) is 10.8. The van der Waals surface area contributed by atoms with E-state index in [0.717, 1.165) is 14.2 Å². The first-order valence-corrected chi connectivity index (χ1v) is 4.72. The Morgan fingerprint density at radius 1 is 1.41 bits per heavy atom. The molecule has 0 bridgehead atoms. The highest BCUT2D eigenvalue weighted by Gasteiger charge is 2.40. The number of nitro groups is 1. The molecule has 7 heteroatoms. The lowest BCUT2D eigenvalue weighted by molar-refractivity contribution is -0.517. The Morgan fingerprint density at radius 2 is 2.00 bits per heavy atom. The Bertz CT molecular complexity index is 291. The lowest BCUT2D eigenvalue weighted by Crippen LogP contribution is -2.39. The van der Waals surface area contributed by atoms with E-state index in [1.807, 2.05) is 0 Å². The molecular weight excluding hydrogens is 230 g/mol. The largest absolute Gasteiger partial charge is 0.469 e. The van der Waals surface area contributed by atoms with Crippen molar-refractivity contribution in [1.82, 2.24) is 0 Å². The zero-order chi connectivity index (χ0) is 13.4. The third-order valence-electron chi connectivity index (χ3n) is 2.09. The molecule has 3 radical (unpaired) electrons. The van der Waals surface area contributed by atoms with Crippen molar-refractivity contribution in [3.8, 4) is 0 Å². The predicted molar refractivity (Wildman–Crippen MR) is 56.9 cm³/mol. The number of hydrogen-bond acceptors (Lipinski definition) is 6. The maximum atomic E-state index is 11.3. The number of rotatable bonds is 7. The van der Waals surface area contributed by atoms with Gasteiger partial charge in [0.25, 0.3) is 0 Å². The Kier molecular flexibility index (Phi) is 6.85. The number of carbonyl (C=O) groups excluding carboxylic acids is 2. The van der Waals surface area contributed by atoms with Gasteiger partial charge in [-0.15, -0.1) is 0 Å². The van der Waals surface area contributed by atoms with Crippen molar-refractivity contribution in [3.05, 3.63) is 29.9 Å². The summed E-state index contributed by atoms with van der Waals surface area (Å²) in [6.07, 6.45) is 2.30. The summed E-state index contributed by atoms with van der Waals surface area (Å²) in [6, 6.07) is -1.64. The molecule has 0 N–H and O–H groups in total. The molecule has 0 fully saturated rings. The predicted octanol–water partition coefficient (Wildman–Crippen LogP) is 0.227. The lowest BCUT2D eigenvalue weighted by Gasteiger charge is -2.17. The van der Waals surface area contributed by atoms with Crippen molar-refractivity contribution in [3.63, 3.8) is 0 Å². The molecule has 0 spiro atoms. The van der Waals surface area contributed by atoms with Gasteiger partial charge in [0.15, 0.2) is 0 Å². The molecule has 95 valence electrons. The van der Waals surface area contributed by atoms with Crippen molar-refractivity contribution < 1.29 is 24.0 Å². The molecular formula is C10H14NO6. The molecule has 0 saturated carbocycles. The van der Waals surface area contributed by atoms with E-state index in [1.165, 1.54) is 12.8 Å². The zero-order valence-electron chi connectivity index (χ0n) is 9.62. The highest BCUT2D eigenvalue weighted by Crippen LogP contribution is 2.18. The van der Waals surface area contributed by atoms with Gasteiger partial charge in [-0.1, -0.05) is 0 Å². The van der Waals surface area contributed by atoms with E-state index in [4.69, 9.17) is 0 Å². The van der Waals surface area contributed by atoms with Gasteiger partial charge in [-0.05, 0) is 19.8 Å². The number of esters is 2. The van der Waals surface area contributed by atoms with Gasteiger partial charge >= 0.3 is 18.0 Å². The number of methoxy groups -OCH3 is 2. The molecule has 17 heavy (non-hydrogen) atoms. The van der Waals surface area contributed by atoms with Crippen LogP contribution in [0.25, 0.3) is 0 Å². The molecule has 2 atom stereocenters. The maximum Gasteiger partial charge on any atom is 0.381 e. The average molecular weight is 244 g/mol. The van der Waals surface area contributed by atoms with Gasteiger partial charge in [-0.3, -0.25) is 14.9 Å². The number of hydrogen-bond donors (Lipinski definition) is 0. The minimum atomic E-state index is -1.64. The van der Waals surface area contributed by atoms with Crippen molar-refractivity contribution >= 4 is 11.9 Å². The first kappa shape index (κ1) is 15.3. The van der Waals surface area contributed by atoms with E-state index < -0.39 is 28.8 Å². The van der Waals surface area contributed by atoms with E-state index in [9.17, 15) is 19.7 Å². The molecule has 0 saturated heterocycles. The Morgan fingerprint density at radius 3 is 2.35 bits per heavy atom. The van der Waals surface area contributed by atoms with Crippen molar-refractivity contribution in [2.45, 2.75) is 12.5 Å². The van der Waals surface area contributed by atoms with Gasteiger partial charge in [0.1, 0.15) is 0 Å².